The molecule has 2 aliphatic carbocycles. The summed E-state index contributed by atoms with van der Waals surface area (Å²) < 4.78 is 22.0. The molecule has 0 aromatic rings. The van der Waals surface area contributed by atoms with Crippen molar-refractivity contribution in [1.29, 1.82) is 0 Å². The van der Waals surface area contributed by atoms with Gasteiger partial charge in [0.15, 0.2) is 0 Å². The minimum Gasteiger partial charge on any atom is -0.228 e. The third kappa shape index (κ3) is 5.14. The molecule has 0 heterocycles. The lowest BCUT2D eigenvalue weighted by atomic mass is 9.99. The zero-order chi connectivity index (χ0) is 12.2. The first-order chi connectivity index (χ1) is 7.44. The number of nitrogens with two attached hydrogens (primary N) is 1. The fourth-order valence-electron chi connectivity index (χ4n) is 1.95. The summed E-state index contributed by atoms with van der Waals surface area (Å²) in [5.41, 5.74) is 0. The maximum absolute atomic E-state index is 11.3. The van der Waals surface area contributed by atoms with Gasteiger partial charge in [0, 0.05) is 0 Å². The van der Waals surface area contributed by atoms with Gasteiger partial charge in [0.05, 0.1) is 4.75 Å². The van der Waals surface area contributed by atoms with Gasteiger partial charge in [-0.25, -0.2) is 13.6 Å². The van der Waals surface area contributed by atoms with Crippen molar-refractivity contribution < 1.29 is 8.42 Å². The number of primary sulfonamides is 1. The van der Waals surface area contributed by atoms with Gasteiger partial charge in [0.1, 0.15) is 0 Å². The summed E-state index contributed by atoms with van der Waals surface area (Å²) in [6.45, 7) is 4.12. The molecule has 2 saturated carbocycles. The van der Waals surface area contributed by atoms with Crippen LogP contribution in [0.3, 0.4) is 0 Å². The molecule has 0 aromatic heterocycles. The second kappa shape index (κ2) is 6.95. The molecule has 2 rings (SSSR count). The van der Waals surface area contributed by atoms with Crippen molar-refractivity contribution in [1.82, 2.24) is 0 Å². The van der Waals surface area contributed by atoms with Gasteiger partial charge >= 0.3 is 0 Å². The minimum atomic E-state index is -3.32. The van der Waals surface area contributed by atoms with Gasteiger partial charge in [-0.1, -0.05) is 46.0 Å². The van der Waals surface area contributed by atoms with Crippen molar-refractivity contribution in [2.45, 2.75) is 70.0 Å². The van der Waals surface area contributed by atoms with E-state index in [0.717, 1.165) is 32.1 Å². The van der Waals surface area contributed by atoms with Gasteiger partial charge in [-0.3, -0.25) is 0 Å². The van der Waals surface area contributed by atoms with Crippen molar-refractivity contribution in [2.24, 2.45) is 11.1 Å². The van der Waals surface area contributed by atoms with Crippen molar-refractivity contribution >= 4 is 22.4 Å². The molecule has 1 unspecified atom stereocenters. The smallest absolute Gasteiger partial charge is 0.215 e. The molecule has 104 valence electrons. The number of unbranched alkanes of at least 4 members (excludes halogenated alkanes) is 1. The van der Waals surface area contributed by atoms with Crippen molar-refractivity contribution in [3.8, 4) is 0 Å². The highest BCUT2D eigenvalue weighted by atomic mass is 35.5. The van der Waals surface area contributed by atoms with Gasteiger partial charge in [0.25, 0.3) is 0 Å². The molecular formula is C12H26ClNO2S. The Morgan fingerprint density at radius 1 is 1.24 bits per heavy atom. The van der Waals surface area contributed by atoms with Crippen LogP contribution in [0.1, 0.15) is 65.2 Å². The van der Waals surface area contributed by atoms with E-state index in [1.165, 1.54) is 19.3 Å². The molecule has 3 nitrogen and oxygen atoms in total. The highest BCUT2D eigenvalue weighted by molar-refractivity contribution is 7.90. The highest BCUT2D eigenvalue weighted by Crippen LogP contribution is 2.49. The van der Waals surface area contributed by atoms with Crippen LogP contribution in [0.25, 0.3) is 0 Å². The van der Waals surface area contributed by atoms with E-state index in [1.54, 1.807) is 0 Å². The van der Waals surface area contributed by atoms with Crippen LogP contribution in [0.5, 0.6) is 0 Å². The molecule has 2 fully saturated rings. The Labute approximate surface area is 112 Å². The van der Waals surface area contributed by atoms with Crippen LogP contribution in [-0.4, -0.2) is 13.2 Å². The number of rotatable bonds is 5. The lowest BCUT2D eigenvalue weighted by molar-refractivity contribution is 0.451. The number of halogens is 1. The SMILES string of the molecule is C1CC1.CCCCC(C)C1(S(N)(=O)=O)CC1.Cl. The molecule has 0 aromatic carbocycles. The van der Waals surface area contributed by atoms with E-state index in [-0.39, 0.29) is 18.3 Å². The van der Waals surface area contributed by atoms with Crippen LogP contribution >= 0.6 is 12.4 Å². The zero-order valence-electron chi connectivity index (χ0n) is 10.9. The predicted octanol–water partition coefficient (Wildman–Crippen LogP) is 3.23. The van der Waals surface area contributed by atoms with Crippen LogP contribution in [0.15, 0.2) is 0 Å². The van der Waals surface area contributed by atoms with E-state index >= 15 is 0 Å². The third-order valence-electron chi connectivity index (χ3n) is 3.55. The summed E-state index contributed by atoms with van der Waals surface area (Å²) in [6.07, 6.45) is 9.21. The second-order valence-corrected chi connectivity index (χ2v) is 7.12. The van der Waals surface area contributed by atoms with Gasteiger partial charge in [-0.05, 0) is 25.2 Å². The molecule has 0 aliphatic heterocycles. The standard InChI is InChI=1S/C9H19NO2S.C3H6.ClH/c1-3-4-5-8(2)9(6-7-9)13(10,11)12;1-2-3-1;/h8H,3-7H2,1-2H3,(H2,10,11,12);1-3H2;1H. The number of hydrogen-bond donors (Lipinski definition) is 1. The Kier molecular flexibility index (Phi) is 7.04. The Morgan fingerprint density at radius 2 is 1.71 bits per heavy atom. The van der Waals surface area contributed by atoms with Crippen LogP contribution in [-0.2, 0) is 10.0 Å². The van der Waals surface area contributed by atoms with E-state index in [9.17, 15) is 8.42 Å². The first kappa shape index (κ1) is 17.2. The fraction of sp³-hybridized carbons (Fsp3) is 1.00. The van der Waals surface area contributed by atoms with Crippen LogP contribution in [0.2, 0.25) is 0 Å². The van der Waals surface area contributed by atoms with Crippen LogP contribution in [0.4, 0.5) is 0 Å². The van der Waals surface area contributed by atoms with Gasteiger partial charge in [-0.2, -0.15) is 0 Å². The molecule has 0 spiro atoms. The van der Waals surface area contributed by atoms with E-state index in [0.29, 0.717) is 0 Å². The Morgan fingerprint density at radius 3 is 1.94 bits per heavy atom. The van der Waals surface area contributed by atoms with E-state index in [4.69, 9.17) is 5.14 Å². The zero-order valence-corrected chi connectivity index (χ0v) is 12.6. The third-order valence-corrected chi connectivity index (χ3v) is 5.50. The average molecular weight is 284 g/mol. The van der Waals surface area contributed by atoms with Crippen LogP contribution < -0.4 is 5.14 Å². The summed E-state index contributed by atoms with van der Waals surface area (Å²) in [7, 11) is -3.32. The lowest BCUT2D eigenvalue weighted by Crippen LogP contribution is -2.36. The molecule has 0 amide bonds. The molecule has 1 atom stereocenters. The molecule has 2 N–H and O–H groups in total. The van der Waals surface area contributed by atoms with E-state index in [1.807, 2.05) is 6.92 Å². The molecule has 0 bridgehead atoms. The summed E-state index contributed by atoms with van der Waals surface area (Å²) in [5.74, 6) is 0.224. The van der Waals surface area contributed by atoms with Crippen molar-refractivity contribution in [2.75, 3.05) is 0 Å². The first-order valence-corrected chi connectivity index (χ1v) is 8.01. The highest BCUT2D eigenvalue weighted by Gasteiger charge is 2.56. The average Bonchev–Trinajstić information content (AvgIpc) is 3.07. The second-order valence-electron chi connectivity index (χ2n) is 5.21. The maximum Gasteiger partial charge on any atom is 0.215 e. The molecular weight excluding hydrogens is 258 g/mol. The summed E-state index contributed by atoms with van der Waals surface area (Å²) in [6, 6.07) is 0. The van der Waals surface area contributed by atoms with Crippen molar-refractivity contribution in [3.63, 3.8) is 0 Å². The predicted molar refractivity (Wildman–Crippen MR) is 74.9 cm³/mol. The molecule has 2 aliphatic rings. The quantitative estimate of drug-likeness (QED) is 0.842. The molecule has 0 radical (unpaired) electrons. The van der Waals surface area contributed by atoms with Gasteiger partial charge < -0.3 is 0 Å². The first-order valence-electron chi connectivity index (χ1n) is 6.46. The molecule has 17 heavy (non-hydrogen) atoms. The fourth-order valence-corrected chi connectivity index (χ4v) is 3.30. The topological polar surface area (TPSA) is 60.2 Å². The van der Waals surface area contributed by atoms with Crippen molar-refractivity contribution in [3.05, 3.63) is 0 Å². The number of hydrogen-bond acceptors (Lipinski definition) is 2. The summed E-state index contributed by atoms with van der Waals surface area (Å²) in [4.78, 5) is 0. The van der Waals surface area contributed by atoms with Gasteiger partial charge in [-0.15, -0.1) is 12.4 Å². The Hall–Kier alpha value is 0.200. The molecule has 0 saturated heterocycles. The number of sulfonamides is 1. The monoisotopic (exact) mass is 283 g/mol. The largest absolute Gasteiger partial charge is 0.228 e. The van der Waals surface area contributed by atoms with E-state index < -0.39 is 14.8 Å². The normalized spacial score (nSPS) is 21.6. The Balaban J connectivity index is 0.000000554. The maximum atomic E-state index is 11.3. The summed E-state index contributed by atoms with van der Waals surface area (Å²) in [5, 5.41) is 5.22. The minimum absolute atomic E-state index is 0. The summed E-state index contributed by atoms with van der Waals surface area (Å²) >= 11 is 0. The molecule has 5 heteroatoms. The van der Waals surface area contributed by atoms with E-state index in [2.05, 4.69) is 6.92 Å². The Bertz CT molecular complexity index is 308. The lowest BCUT2D eigenvalue weighted by Gasteiger charge is -2.20. The van der Waals surface area contributed by atoms with Gasteiger partial charge in [0.2, 0.25) is 10.0 Å². The van der Waals surface area contributed by atoms with Crippen LogP contribution in [0, 0.1) is 5.92 Å².